The van der Waals surface area contributed by atoms with E-state index in [0.29, 0.717) is 0 Å². The molecule has 1 nitrogen and oxygen atoms in total. The van der Waals surface area contributed by atoms with Crippen molar-refractivity contribution in [2.75, 3.05) is 0 Å². The summed E-state index contributed by atoms with van der Waals surface area (Å²) in [7, 11) is 0. The van der Waals surface area contributed by atoms with Gasteiger partial charge in [0.05, 0.1) is 6.26 Å². The van der Waals surface area contributed by atoms with Crippen molar-refractivity contribution in [3.63, 3.8) is 0 Å². The highest BCUT2D eigenvalue weighted by molar-refractivity contribution is 5.83. The van der Waals surface area contributed by atoms with Crippen LogP contribution in [0.5, 0.6) is 0 Å². The van der Waals surface area contributed by atoms with Crippen LogP contribution in [0.2, 0.25) is 0 Å². The summed E-state index contributed by atoms with van der Waals surface area (Å²) in [5, 5.41) is 2.50. The van der Waals surface area contributed by atoms with Gasteiger partial charge in [-0.3, -0.25) is 0 Å². The molecule has 0 aliphatic rings. The molecule has 0 fully saturated rings. The summed E-state index contributed by atoms with van der Waals surface area (Å²) in [4.78, 5) is 0. The molecule has 2 aromatic carbocycles. The highest BCUT2D eigenvalue weighted by atomic mass is 16.5. The molecule has 0 aliphatic heterocycles. The molecule has 1 heteroatoms. The second-order valence-electron chi connectivity index (χ2n) is 3.55. The number of hydrogen-bond acceptors (Lipinski definition) is 1. The van der Waals surface area contributed by atoms with Crippen LogP contribution in [0.25, 0.3) is 10.8 Å². The Kier molecular flexibility index (Phi) is 2.72. The molecule has 15 heavy (non-hydrogen) atoms. The summed E-state index contributed by atoms with van der Waals surface area (Å²) in [6.07, 6.45) is 1.55. The van der Waals surface area contributed by atoms with Crippen LogP contribution in [0.1, 0.15) is 18.6 Å². The van der Waals surface area contributed by atoms with E-state index in [4.69, 9.17) is 4.74 Å². The Morgan fingerprint density at radius 1 is 1.13 bits per heavy atom. The summed E-state index contributed by atoms with van der Waals surface area (Å²) in [6.45, 7) is 5.59. The average molecular weight is 198 g/mol. The van der Waals surface area contributed by atoms with Crippen molar-refractivity contribution in [3.05, 3.63) is 60.9 Å². The Bertz CT molecular complexity index is 473. The van der Waals surface area contributed by atoms with E-state index in [-0.39, 0.29) is 6.10 Å². The van der Waals surface area contributed by atoms with Gasteiger partial charge in [-0.25, -0.2) is 0 Å². The summed E-state index contributed by atoms with van der Waals surface area (Å²) < 4.78 is 5.34. The minimum atomic E-state index is 0.0621. The quantitative estimate of drug-likeness (QED) is 0.676. The third-order valence-electron chi connectivity index (χ3n) is 2.54. The van der Waals surface area contributed by atoms with Crippen molar-refractivity contribution in [1.82, 2.24) is 0 Å². The van der Waals surface area contributed by atoms with Gasteiger partial charge in [0.25, 0.3) is 0 Å². The summed E-state index contributed by atoms with van der Waals surface area (Å²) in [5.74, 6) is 0. The fourth-order valence-electron chi connectivity index (χ4n) is 1.68. The predicted octanol–water partition coefficient (Wildman–Crippen LogP) is 4.06. The second-order valence-corrected chi connectivity index (χ2v) is 3.55. The van der Waals surface area contributed by atoms with E-state index < -0.39 is 0 Å². The fourth-order valence-corrected chi connectivity index (χ4v) is 1.68. The largest absolute Gasteiger partial charge is 0.494 e. The molecule has 0 N–H and O–H groups in total. The zero-order chi connectivity index (χ0) is 10.7. The molecule has 0 aliphatic carbocycles. The monoisotopic (exact) mass is 198 g/mol. The van der Waals surface area contributed by atoms with Crippen molar-refractivity contribution >= 4 is 10.8 Å². The van der Waals surface area contributed by atoms with E-state index in [1.54, 1.807) is 0 Å². The lowest BCUT2D eigenvalue weighted by Gasteiger charge is -2.11. The normalized spacial score (nSPS) is 12.3. The first-order valence-corrected chi connectivity index (χ1v) is 5.06. The standard InChI is InChI=1S/C14H14O/c1-3-15-11(2)13-9-8-12-6-4-5-7-14(12)10-13/h3-11H,1H2,2H3. The Balaban J connectivity index is 2.42. The number of hydrogen-bond donors (Lipinski definition) is 0. The van der Waals surface area contributed by atoms with Gasteiger partial charge in [-0.2, -0.15) is 0 Å². The molecular formula is C14H14O. The van der Waals surface area contributed by atoms with Gasteiger partial charge in [-0.05, 0) is 29.3 Å². The Labute approximate surface area is 90.0 Å². The smallest absolute Gasteiger partial charge is 0.120 e. The minimum absolute atomic E-state index is 0.0621. The Hall–Kier alpha value is -1.76. The van der Waals surface area contributed by atoms with Gasteiger partial charge in [0.2, 0.25) is 0 Å². The lowest BCUT2D eigenvalue weighted by molar-refractivity contribution is 0.165. The molecule has 0 amide bonds. The van der Waals surface area contributed by atoms with Crippen LogP contribution >= 0.6 is 0 Å². The molecule has 76 valence electrons. The molecule has 0 saturated heterocycles. The molecule has 0 aromatic heterocycles. The van der Waals surface area contributed by atoms with E-state index in [1.807, 2.05) is 19.1 Å². The third-order valence-corrected chi connectivity index (χ3v) is 2.54. The first-order valence-electron chi connectivity index (χ1n) is 5.06. The average Bonchev–Trinajstić information content (AvgIpc) is 2.29. The first-order chi connectivity index (χ1) is 7.31. The molecule has 0 spiro atoms. The minimum Gasteiger partial charge on any atom is -0.494 e. The second kappa shape index (κ2) is 4.18. The first kappa shape index (κ1) is 9.78. The number of fused-ring (bicyclic) bond motifs is 1. The fraction of sp³-hybridized carbons (Fsp3) is 0.143. The van der Waals surface area contributed by atoms with Gasteiger partial charge < -0.3 is 4.74 Å². The summed E-state index contributed by atoms with van der Waals surface area (Å²) in [6, 6.07) is 14.7. The predicted molar refractivity (Wildman–Crippen MR) is 63.6 cm³/mol. The van der Waals surface area contributed by atoms with Gasteiger partial charge in [0.15, 0.2) is 0 Å². The van der Waals surface area contributed by atoms with Crippen LogP contribution < -0.4 is 0 Å². The van der Waals surface area contributed by atoms with Crippen LogP contribution in [-0.2, 0) is 4.74 Å². The van der Waals surface area contributed by atoms with Gasteiger partial charge >= 0.3 is 0 Å². The highest BCUT2D eigenvalue weighted by Crippen LogP contribution is 2.22. The molecule has 1 atom stereocenters. The van der Waals surface area contributed by atoms with Crippen molar-refractivity contribution < 1.29 is 4.74 Å². The van der Waals surface area contributed by atoms with Crippen molar-refractivity contribution in [1.29, 1.82) is 0 Å². The molecule has 2 rings (SSSR count). The molecular weight excluding hydrogens is 184 g/mol. The topological polar surface area (TPSA) is 9.23 Å². The zero-order valence-electron chi connectivity index (χ0n) is 8.81. The summed E-state index contributed by atoms with van der Waals surface area (Å²) >= 11 is 0. The number of benzene rings is 2. The zero-order valence-corrected chi connectivity index (χ0v) is 8.81. The van der Waals surface area contributed by atoms with Crippen LogP contribution in [-0.4, -0.2) is 0 Å². The van der Waals surface area contributed by atoms with Gasteiger partial charge in [0.1, 0.15) is 6.10 Å². The molecule has 1 unspecified atom stereocenters. The Morgan fingerprint density at radius 3 is 2.60 bits per heavy atom. The van der Waals surface area contributed by atoms with Gasteiger partial charge in [-0.1, -0.05) is 43.0 Å². The third kappa shape index (κ3) is 2.01. The maximum absolute atomic E-state index is 5.34. The molecule has 2 aromatic rings. The Morgan fingerprint density at radius 2 is 1.87 bits per heavy atom. The molecule has 0 bridgehead atoms. The van der Waals surface area contributed by atoms with E-state index in [9.17, 15) is 0 Å². The highest BCUT2D eigenvalue weighted by Gasteiger charge is 2.04. The van der Waals surface area contributed by atoms with Crippen LogP contribution in [0.4, 0.5) is 0 Å². The SMILES string of the molecule is C=COC(C)c1ccc2ccccc2c1. The van der Waals surface area contributed by atoms with E-state index in [2.05, 4.69) is 36.9 Å². The van der Waals surface area contributed by atoms with Crippen LogP contribution in [0, 0.1) is 0 Å². The van der Waals surface area contributed by atoms with Gasteiger partial charge in [0, 0.05) is 0 Å². The molecule has 0 radical (unpaired) electrons. The number of ether oxygens (including phenoxy) is 1. The van der Waals surface area contributed by atoms with Crippen molar-refractivity contribution in [2.45, 2.75) is 13.0 Å². The lowest BCUT2D eigenvalue weighted by Crippen LogP contribution is -1.94. The van der Waals surface area contributed by atoms with Crippen molar-refractivity contribution in [3.8, 4) is 0 Å². The lowest BCUT2D eigenvalue weighted by atomic mass is 10.0. The van der Waals surface area contributed by atoms with Gasteiger partial charge in [-0.15, -0.1) is 0 Å². The summed E-state index contributed by atoms with van der Waals surface area (Å²) in [5.41, 5.74) is 1.17. The van der Waals surface area contributed by atoms with E-state index >= 15 is 0 Å². The molecule has 0 heterocycles. The molecule has 0 saturated carbocycles. The van der Waals surface area contributed by atoms with E-state index in [0.717, 1.165) is 0 Å². The maximum Gasteiger partial charge on any atom is 0.120 e. The van der Waals surface area contributed by atoms with E-state index in [1.165, 1.54) is 22.6 Å². The number of rotatable bonds is 3. The van der Waals surface area contributed by atoms with Crippen molar-refractivity contribution in [2.24, 2.45) is 0 Å². The van der Waals surface area contributed by atoms with Crippen LogP contribution in [0.15, 0.2) is 55.3 Å². The van der Waals surface area contributed by atoms with Crippen LogP contribution in [0.3, 0.4) is 0 Å². The maximum atomic E-state index is 5.34.